The van der Waals surface area contributed by atoms with Gasteiger partial charge in [0.05, 0.1) is 16.0 Å². The molecule has 158 valence electrons. The molecule has 0 saturated heterocycles. The van der Waals surface area contributed by atoms with Crippen molar-refractivity contribution in [3.63, 3.8) is 0 Å². The molecule has 5 aromatic rings. The number of hydrogen-bond donors (Lipinski definition) is 1. The van der Waals surface area contributed by atoms with Gasteiger partial charge >= 0.3 is 0 Å². The number of furan rings is 1. The normalized spacial score (nSPS) is 11.5. The summed E-state index contributed by atoms with van der Waals surface area (Å²) in [7, 11) is -3.83. The van der Waals surface area contributed by atoms with Crippen LogP contribution in [-0.2, 0) is 10.0 Å². The van der Waals surface area contributed by atoms with E-state index in [2.05, 4.69) is 19.7 Å². The first-order valence-corrected chi connectivity index (χ1v) is 11.4. The van der Waals surface area contributed by atoms with Gasteiger partial charge in [-0.15, -0.1) is 0 Å². The van der Waals surface area contributed by atoms with E-state index in [-0.39, 0.29) is 15.7 Å². The highest BCUT2D eigenvalue weighted by atomic mass is 35.5. The SMILES string of the molecule is O=S(=O)(Nc1cc(-c2coc3nccc(-c4ccncc4)c23)cnc1Cl)c1ccccc1. The van der Waals surface area contributed by atoms with Crippen molar-refractivity contribution in [2.45, 2.75) is 4.90 Å². The van der Waals surface area contributed by atoms with Gasteiger partial charge in [-0.2, -0.15) is 0 Å². The van der Waals surface area contributed by atoms with Crippen molar-refractivity contribution >= 4 is 38.4 Å². The molecule has 0 atom stereocenters. The summed E-state index contributed by atoms with van der Waals surface area (Å²) in [6.07, 6.45) is 8.23. The number of nitrogens with zero attached hydrogens (tertiary/aromatic N) is 3. The molecular formula is C23H15ClN4O3S. The molecule has 7 nitrogen and oxygen atoms in total. The number of aromatic nitrogens is 3. The van der Waals surface area contributed by atoms with Crippen molar-refractivity contribution in [1.82, 2.24) is 15.0 Å². The molecule has 4 heterocycles. The summed E-state index contributed by atoms with van der Waals surface area (Å²) in [5.74, 6) is 0. The molecule has 5 rings (SSSR count). The summed E-state index contributed by atoms with van der Waals surface area (Å²) < 4.78 is 33.7. The van der Waals surface area contributed by atoms with Crippen molar-refractivity contribution in [2.75, 3.05) is 4.72 Å². The lowest BCUT2D eigenvalue weighted by Crippen LogP contribution is -2.13. The quantitative estimate of drug-likeness (QED) is 0.351. The van der Waals surface area contributed by atoms with E-state index in [0.717, 1.165) is 16.5 Å². The molecule has 4 aromatic heterocycles. The maximum Gasteiger partial charge on any atom is 0.261 e. The molecule has 0 aliphatic heterocycles. The van der Waals surface area contributed by atoms with E-state index in [0.29, 0.717) is 16.8 Å². The highest BCUT2D eigenvalue weighted by Gasteiger charge is 2.19. The Balaban J connectivity index is 1.62. The molecule has 0 saturated carbocycles. The zero-order valence-corrected chi connectivity index (χ0v) is 18.0. The number of nitrogens with one attached hydrogen (secondary N) is 1. The van der Waals surface area contributed by atoms with Gasteiger partial charge in [-0.05, 0) is 47.5 Å². The molecule has 0 bridgehead atoms. The fourth-order valence-corrected chi connectivity index (χ4v) is 4.71. The number of hydrogen-bond acceptors (Lipinski definition) is 6. The van der Waals surface area contributed by atoms with E-state index < -0.39 is 10.0 Å². The Morgan fingerprint density at radius 3 is 2.44 bits per heavy atom. The van der Waals surface area contributed by atoms with Crippen LogP contribution in [0, 0.1) is 0 Å². The fraction of sp³-hybridized carbons (Fsp3) is 0. The second-order valence-electron chi connectivity index (χ2n) is 6.90. The molecule has 0 aliphatic rings. The predicted molar refractivity (Wildman–Crippen MR) is 123 cm³/mol. The van der Waals surface area contributed by atoms with Crippen LogP contribution in [0.25, 0.3) is 33.4 Å². The number of anilines is 1. The summed E-state index contributed by atoms with van der Waals surface area (Å²) in [5, 5.41) is 0.813. The molecule has 0 unspecified atom stereocenters. The number of rotatable bonds is 5. The molecule has 0 amide bonds. The molecule has 1 N–H and O–H groups in total. The van der Waals surface area contributed by atoms with Crippen LogP contribution in [0.3, 0.4) is 0 Å². The lowest BCUT2D eigenvalue weighted by Gasteiger charge is -2.11. The average molecular weight is 463 g/mol. The second kappa shape index (κ2) is 8.07. The molecule has 0 radical (unpaired) electrons. The van der Waals surface area contributed by atoms with Gasteiger partial charge in [0.1, 0.15) is 6.26 Å². The Bertz CT molecular complexity index is 1520. The molecule has 9 heteroatoms. The lowest BCUT2D eigenvalue weighted by atomic mass is 9.99. The third-order valence-electron chi connectivity index (χ3n) is 4.91. The molecule has 1 aromatic carbocycles. The summed E-state index contributed by atoms with van der Waals surface area (Å²) in [6.45, 7) is 0. The van der Waals surface area contributed by atoms with E-state index in [1.807, 2.05) is 18.2 Å². The van der Waals surface area contributed by atoms with Crippen LogP contribution >= 0.6 is 11.6 Å². The van der Waals surface area contributed by atoms with Gasteiger partial charge in [0.2, 0.25) is 5.71 Å². The smallest absolute Gasteiger partial charge is 0.261 e. The van der Waals surface area contributed by atoms with Crippen LogP contribution < -0.4 is 4.72 Å². The monoisotopic (exact) mass is 462 g/mol. The predicted octanol–water partition coefficient (Wildman–Crippen LogP) is 5.41. The van der Waals surface area contributed by atoms with Crippen LogP contribution in [0.1, 0.15) is 0 Å². The molecule has 0 spiro atoms. The van der Waals surface area contributed by atoms with Crippen LogP contribution in [0.2, 0.25) is 5.15 Å². The maximum atomic E-state index is 12.8. The van der Waals surface area contributed by atoms with Crippen LogP contribution in [0.15, 0.2) is 95.0 Å². The Hall–Kier alpha value is -3.75. The van der Waals surface area contributed by atoms with Crippen LogP contribution in [0.4, 0.5) is 5.69 Å². The van der Waals surface area contributed by atoms with Gasteiger partial charge < -0.3 is 4.42 Å². The van der Waals surface area contributed by atoms with Crippen molar-refractivity contribution in [1.29, 1.82) is 0 Å². The zero-order chi connectivity index (χ0) is 22.1. The Kier molecular flexibility index (Phi) is 5.08. The first-order valence-electron chi connectivity index (χ1n) is 9.53. The third kappa shape index (κ3) is 3.70. The van der Waals surface area contributed by atoms with Crippen molar-refractivity contribution in [3.8, 4) is 22.3 Å². The topological polar surface area (TPSA) is 98.0 Å². The highest BCUT2D eigenvalue weighted by molar-refractivity contribution is 7.92. The van der Waals surface area contributed by atoms with Gasteiger partial charge in [-0.25, -0.2) is 18.4 Å². The molecule has 0 fully saturated rings. The number of benzene rings is 1. The second-order valence-corrected chi connectivity index (χ2v) is 8.95. The van der Waals surface area contributed by atoms with E-state index in [4.69, 9.17) is 16.0 Å². The third-order valence-corrected chi connectivity index (χ3v) is 6.60. The molecule has 0 aliphatic carbocycles. The summed E-state index contributed by atoms with van der Waals surface area (Å²) in [4.78, 5) is 12.7. The first kappa shape index (κ1) is 20.2. The number of fused-ring (bicyclic) bond motifs is 1. The summed E-state index contributed by atoms with van der Waals surface area (Å²) in [6, 6.07) is 15.4. The van der Waals surface area contributed by atoms with E-state index >= 15 is 0 Å². The number of halogens is 1. The minimum Gasteiger partial charge on any atom is -0.445 e. The first-order chi connectivity index (χ1) is 15.5. The van der Waals surface area contributed by atoms with Gasteiger partial charge in [0.15, 0.2) is 5.15 Å². The van der Waals surface area contributed by atoms with E-state index in [1.165, 1.54) is 12.1 Å². The average Bonchev–Trinajstić information content (AvgIpc) is 3.26. The van der Waals surface area contributed by atoms with Gasteiger partial charge in [-0.3, -0.25) is 9.71 Å². The van der Waals surface area contributed by atoms with Crippen molar-refractivity contribution in [3.05, 3.63) is 90.8 Å². The van der Waals surface area contributed by atoms with Gasteiger partial charge in [-0.1, -0.05) is 29.8 Å². The maximum absolute atomic E-state index is 12.8. The summed E-state index contributed by atoms with van der Waals surface area (Å²) in [5.41, 5.74) is 3.81. The Morgan fingerprint density at radius 1 is 0.875 bits per heavy atom. The number of pyridine rings is 3. The minimum absolute atomic E-state index is 0.0357. The fourth-order valence-electron chi connectivity index (χ4n) is 3.42. The molecular weight excluding hydrogens is 448 g/mol. The zero-order valence-electron chi connectivity index (χ0n) is 16.4. The van der Waals surface area contributed by atoms with Crippen LogP contribution in [-0.4, -0.2) is 23.4 Å². The van der Waals surface area contributed by atoms with Crippen molar-refractivity contribution in [2.24, 2.45) is 0 Å². The van der Waals surface area contributed by atoms with Crippen LogP contribution in [0.5, 0.6) is 0 Å². The van der Waals surface area contributed by atoms with Crippen molar-refractivity contribution < 1.29 is 12.8 Å². The standard InChI is InChI=1S/C23H15ClN4O3S/c24-22-20(28-32(29,30)17-4-2-1-3-5-17)12-16(13-27-22)19-14-31-23-21(19)18(8-11-26-23)15-6-9-25-10-7-15/h1-14,28H. The van der Waals surface area contributed by atoms with Gasteiger partial charge in [0.25, 0.3) is 10.0 Å². The lowest BCUT2D eigenvalue weighted by molar-refractivity contribution is 0.601. The minimum atomic E-state index is -3.83. The summed E-state index contributed by atoms with van der Waals surface area (Å²) >= 11 is 6.22. The van der Waals surface area contributed by atoms with E-state index in [9.17, 15) is 8.42 Å². The Morgan fingerprint density at radius 2 is 1.66 bits per heavy atom. The van der Waals surface area contributed by atoms with Gasteiger partial charge in [0, 0.05) is 35.9 Å². The van der Waals surface area contributed by atoms with E-state index in [1.54, 1.807) is 55.3 Å². The Labute approximate surface area is 188 Å². The largest absolute Gasteiger partial charge is 0.445 e. The highest BCUT2D eigenvalue weighted by Crippen LogP contribution is 2.38. The number of sulfonamides is 1. The molecule has 32 heavy (non-hydrogen) atoms.